The molecule has 1 aromatic rings. The molecule has 1 aromatic carbocycles. The van der Waals surface area contributed by atoms with Crippen LogP contribution < -0.4 is 0 Å². The molecule has 3 unspecified atom stereocenters. The normalized spacial score (nSPS) is 25.9. The van der Waals surface area contributed by atoms with Crippen molar-refractivity contribution in [3.05, 3.63) is 35.4 Å². The van der Waals surface area contributed by atoms with E-state index < -0.39 is 5.97 Å². The number of carboxylic acids is 1. The van der Waals surface area contributed by atoms with Crippen LogP contribution in [0.25, 0.3) is 0 Å². The summed E-state index contributed by atoms with van der Waals surface area (Å²) >= 11 is 0. The summed E-state index contributed by atoms with van der Waals surface area (Å²) in [6, 6.07) is 8.73. The maximum Gasteiger partial charge on any atom is 0.303 e. The van der Waals surface area contributed by atoms with Gasteiger partial charge in [0.25, 0.3) is 0 Å². The minimum atomic E-state index is -0.740. The predicted molar refractivity (Wildman–Crippen MR) is 97.6 cm³/mol. The lowest BCUT2D eigenvalue weighted by Gasteiger charge is -2.33. The topological polar surface area (TPSA) is 57.6 Å². The first-order valence-corrected chi connectivity index (χ1v) is 9.56. The first-order valence-electron chi connectivity index (χ1n) is 9.56. The largest absolute Gasteiger partial charge is 0.481 e. The van der Waals surface area contributed by atoms with Gasteiger partial charge in [0.2, 0.25) is 5.91 Å². The number of rotatable bonds is 6. The molecule has 2 aliphatic rings. The molecule has 4 heteroatoms. The molecule has 25 heavy (non-hydrogen) atoms. The zero-order valence-electron chi connectivity index (χ0n) is 15.3. The Kier molecular flexibility index (Phi) is 5.45. The predicted octanol–water partition coefficient (Wildman–Crippen LogP) is 4.02. The third kappa shape index (κ3) is 4.42. The summed E-state index contributed by atoms with van der Waals surface area (Å²) < 4.78 is 0. The van der Waals surface area contributed by atoms with Crippen LogP contribution in [-0.4, -0.2) is 35.0 Å². The highest BCUT2D eigenvalue weighted by Crippen LogP contribution is 2.49. The van der Waals surface area contributed by atoms with Crippen molar-refractivity contribution in [2.45, 2.75) is 57.8 Å². The molecule has 1 amide bonds. The van der Waals surface area contributed by atoms with Gasteiger partial charge in [0.1, 0.15) is 0 Å². The number of carbonyl (C=O) groups is 2. The first kappa shape index (κ1) is 18.0. The van der Waals surface area contributed by atoms with Crippen molar-refractivity contribution in [1.29, 1.82) is 0 Å². The SMILES string of the molecule is CC(C)c1ccc(C2CC2C(=O)N2CCCC(CCC(=O)O)C2)cc1. The van der Waals surface area contributed by atoms with Gasteiger partial charge >= 0.3 is 5.97 Å². The zero-order chi connectivity index (χ0) is 18.0. The summed E-state index contributed by atoms with van der Waals surface area (Å²) in [6.07, 6.45) is 3.89. The second-order valence-corrected chi connectivity index (χ2v) is 7.99. The van der Waals surface area contributed by atoms with Crippen LogP contribution >= 0.6 is 0 Å². The van der Waals surface area contributed by atoms with Crippen LogP contribution in [-0.2, 0) is 9.59 Å². The minimum Gasteiger partial charge on any atom is -0.481 e. The fourth-order valence-electron chi connectivity index (χ4n) is 4.03. The van der Waals surface area contributed by atoms with E-state index in [9.17, 15) is 9.59 Å². The molecule has 4 nitrogen and oxygen atoms in total. The Labute approximate surface area is 150 Å². The summed E-state index contributed by atoms with van der Waals surface area (Å²) in [5.74, 6) is 0.905. The monoisotopic (exact) mass is 343 g/mol. The van der Waals surface area contributed by atoms with E-state index in [0.717, 1.165) is 32.4 Å². The molecule has 3 atom stereocenters. The molecule has 1 aliphatic carbocycles. The fraction of sp³-hybridized carbons (Fsp3) is 0.619. The van der Waals surface area contributed by atoms with Gasteiger partial charge in [-0.1, -0.05) is 38.1 Å². The lowest BCUT2D eigenvalue weighted by atomic mass is 9.93. The van der Waals surface area contributed by atoms with Gasteiger partial charge in [-0.05, 0) is 54.6 Å². The molecule has 1 N–H and O–H groups in total. The number of piperidine rings is 1. The van der Waals surface area contributed by atoms with Crippen LogP contribution in [0, 0.1) is 11.8 Å². The van der Waals surface area contributed by atoms with E-state index in [1.165, 1.54) is 11.1 Å². The molecule has 2 fully saturated rings. The molecular weight excluding hydrogens is 314 g/mol. The second kappa shape index (κ2) is 7.59. The number of carbonyl (C=O) groups excluding carboxylic acids is 1. The molecule has 0 spiro atoms. The molecular formula is C21H29NO3. The van der Waals surface area contributed by atoms with Crippen molar-refractivity contribution < 1.29 is 14.7 Å². The Morgan fingerprint density at radius 2 is 1.96 bits per heavy atom. The molecule has 1 aliphatic heterocycles. The lowest BCUT2D eigenvalue weighted by Crippen LogP contribution is -2.41. The van der Waals surface area contributed by atoms with Gasteiger partial charge in [0, 0.05) is 25.4 Å². The molecule has 136 valence electrons. The number of likely N-dealkylation sites (tertiary alicyclic amines) is 1. The molecule has 1 saturated heterocycles. The maximum atomic E-state index is 12.8. The lowest BCUT2D eigenvalue weighted by molar-refractivity contribution is -0.137. The number of carboxylic acid groups (broad SMARTS) is 1. The van der Waals surface area contributed by atoms with Gasteiger partial charge in [-0.3, -0.25) is 9.59 Å². The molecule has 1 heterocycles. The smallest absolute Gasteiger partial charge is 0.303 e. The number of aliphatic carboxylic acids is 1. The summed E-state index contributed by atoms with van der Waals surface area (Å²) in [6.45, 7) is 5.95. The molecule has 0 aromatic heterocycles. The molecule has 0 radical (unpaired) electrons. The number of benzene rings is 1. The van der Waals surface area contributed by atoms with Crippen LogP contribution in [0.3, 0.4) is 0 Å². The van der Waals surface area contributed by atoms with Crippen LogP contribution in [0.15, 0.2) is 24.3 Å². The number of hydrogen-bond donors (Lipinski definition) is 1. The summed E-state index contributed by atoms with van der Waals surface area (Å²) in [5.41, 5.74) is 2.62. The average molecular weight is 343 g/mol. The number of nitrogens with zero attached hydrogens (tertiary/aromatic N) is 1. The highest BCUT2D eigenvalue weighted by Gasteiger charge is 2.46. The summed E-state index contributed by atoms with van der Waals surface area (Å²) in [5, 5.41) is 8.85. The van der Waals surface area contributed by atoms with Crippen molar-refractivity contribution in [3.63, 3.8) is 0 Å². The van der Waals surface area contributed by atoms with Crippen molar-refractivity contribution in [2.75, 3.05) is 13.1 Å². The molecule has 3 rings (SSSR count). The first-order chi connectivity index (χ1) is 12.0. The van der Waals surface area contributed by atoms with Gasteiger partial charge in [0.15, 0.2) is 0 Å². The standard InChI is InChI=1S/C21H29NO3/c1-14(2)16-6-8-17(9-7-16)18-12-19(18)21(25)22-11-3-4-15(13-22)5-10-20(23)24/h6-9,14-15,18-19H,3-5,10-13H2,1-2H3,(H,23,24). The van der Waals surface area contributed by atoms with E-state index >= 15 is 0 Å². The Morgan fingerprint density at radius 3 is 2.60 bits per heavy atom. The maximum absolute atomic E-state index is 12.8. The number of amides is 1. The van der Waals surface area contributed by atoms with Crippen molar-refractivity contribution in [1.82, 2.24) is 4.90 Å². The van der Waals surface area contributed by atoms with E-state index in [1.54, 1.807) is 0 Å². The Balaban J connectivity index is 1.54. The quantitative estimate of drug-likeness (QED) is 0.849. The highest BCUT2D eigenvalue weighted by atomic mass is 16.4. The van der Waals surface area contributed by atoms with Crippen LogP contribution in [0.5, 0.6) is 0 Å². The zero-order valence-corrected chi connectivity index (χ0v) is 15.3. The van der Waals surface area contributed by atoms with Crippen molar-refractivity contribution in [3.8, 4) is 0 Å². The third-order valence-electron chi connectivity index (χ3n) is 5.74. The van der Waals surface area contributed by atoms with E-state index in [2.05, 4.69) is 38.1 Å². The van der Waals surface area contributed by atoms with E-state index in [-0.39, 0.29) is 18.2 Å². The summed E-state index contributed by atoms with van der Waals surface area (Å²) in [7, 11) is 0. The van der Waals surface area contributed by atoms with Gasteiger partial charge in [0.05, 0.1) is 0 Å². The second-order valence-electron chi connectivity index (χ2n) is 7.99. The van der Waals surface area contributed by atoms with E-state index in [4.69, 9.17) is 5.11 Å². The minimum absolute atomic E-state index is 0.128. The van der Waals surface area contributed by atoms with Crippen molar-refractivity contribution >= 4 is 11.9 Å². The van der Waals surface area contributed by atoms with Gasteiger partial charge < -0.3 is 10.0 Å². The van der Waals surface area contributed by atoms with Gasteiger partial charge in [-0.2, -0.15) is 0 Å². The third-order valence-corrected chi connectivity index (χ3v) is 5.74. The van der Waals surface area contributed by atoms with E-state index in [0.29, 0.717) is 24.2 Å². The summed E-state index contributed by atoms with van der Waals surface area (Å²) in [4.78, 5) is 25.6. The van der Waals surface area contributed by atoms with Crippen molar-refractivity contribution in [2.24, 2.45) is 11.8 Å². The van der Waals surface area contributed by atoms with Gasteiger partial charge in [-0.25, -0.2) is 0 Å². The molecule has 1 saturated carbocycles. The number of hydrogen-bond acceptors (Lipinski definition) is 2. The van der Waals surface area contributed by atoms with Crippen LogP contribution in [0.2, 0.25) is 0 Å². The Bertz CT molecular complexity index is 623. The van der Waals surface area contributed by atoms with Crippen LogP contribution in [0.4, 0.5) is 0 Å². The molecule has 0 bridgehead atoms. The highest BCUT2D eigenvalue weighted by molar-refractivity contribution is 5.83. The average Bonchev–Trinajstić information content (AvgIpc) is 3.40. The Morgan fingerprint density at radius 1 is 1.24 bits per heavy atom. The Hall–Kier alpha value is -1.84. The van der Waals surface area contributed by atoms with Crippen LogP contribution in [0.1, 0.15) is 68.9 Å². The van der Waals surface area contributed by atoms with E-state index in [1.807, 2.05) is 4.90 Å². The van der Waals surface area contributed by atoms with Gasteiger partial charge in [-0.15, -0.1) is 0 Å². The fourth-order valence-corrected chi connectivity index (χ4v) is 4.03.